The Morgan fingerprint density at radius 3 is 2.58 bits per heavy atom. The van der Waals surface area contributed by atoms with Crippen LogP contribution in [0, 0.1) is 0 Å². The van der Waals surface area contributed by atoms with Gasteiger partial charge in [0.1, 0.15) is 5.75 Å². The third-order valence-electron chi connectivity index (χ3n) is 2.92. The van der Waals surface area contributed by atoms with Crippen LogP contribution in [0.3, 0.4) is 0 Å². The molecule has 0 radical (unpaired) electrons. The third-order valence-corrected chi connectivity index (χ3v) is 4.44. The Balaban J connectivity index is 1.94. The summed E-state index contributed by atoms with van der Waals surface area (Å²) in [7, 11) is 0. The van der Waals surface area contributed by atoms with Crippen molar-refractivity contribution in [2.45, 2.75) is 6.92 Å². The smallest absolute Gasteiger partial charge is 0.277 e. The second-order valence-corrected chi connectivity index (χ2v) is 6.87. The van der Waals surface area contributed by atoms with Gasteiger partial charge in [0.15, 0.2) is 6.61 Å². The average molecular weight is 451 g/mol. The number of nitrogens with one attached hydrogen (secondary N) is 1. The molecule has 2 aromatic rings. The highest BCUT2D eigenvalue weighted by atomic mass is 79.9. The van der Waals surface area contributed by atoms with Crippen LogP contribution in [0.5, 0.6) is 5.75 Å². The van der Waals surface area contributed by atoms with Crippen molar-refractivity contribution in [3.05, 3.63) is 61.5 Å². The van der Waals surface area contributed by atoms with E-state index in [1.165, 1.54) is 12.1 Å². The molecule has 126 valence electrons. The molecule has 0 aliphatic heterocycles. The number of nitrogens with zero attached hydrogens (tertiary/aromatic N) is 1. The molecule has 0 bridgehead atoms. The Morgan fingerprint density at radius 2 is 1.88 bits per heavy atom. The normalized spacial score (nSPS) is 11.3. The minimum Gasteiger partial charge on any atom is -0.482 e. The van der Waals surface area contributed by atoms with Crippen LogP contribution in [0.15, 0.2) is 46.0 Å². The molecule has 0 spiro atoms. The van der Waals surface area contributed by atoms with Crippen molar-refractivity contribution in [1.82, 2.24) is 5.43 Å². The number of halogens is 4. The molecule has 2 aromatic carbocycles. The number of ether oxygens (including phenoxy) is 1. The number of rotatable bonds is 5. The van der Waals surface area contributed by atoms with Crippen LogP contribution in [-0.4, -0.2) is 18.2 Å². The molecule has 4 nitrogen and oxygen atoms in total. The van der Waals surface area contributed by atoms with Gasteiger partial charge in [-0.3, -0.25) is 4.79 Å². The van der Waals surface area contributed by atoms with E-state index in [1.807, 2.05) is 24.3 Å². The molecule has 24 heavy (non-hydrogen) atoms. The van der Waals surface area contributed by atoms with E-state index < -0.39 is 5.91 Å². The van der Waals surface area contributed by atoms with E-state index in [4.69, 9.17) is 39.5 Å². The third kappa shape index (κ3) is 5.38. The Labute approximate surface area is 162 Å². The lowest BCUT2D eigenvalue weighted by Gasteiger charge is -2.09. The molecule has 2 rings (SSSR count). The molecule has 0 atom stereocenters. The monoisotopic (exact) mass is 448 g/mol. The summed E-state index contributed by atoms with van der Waals surface area (Å²) in [6.45, 7) is 1.53. The summed E-state index contributed by atoms with van der Waals surface area (Å²) in [5.41, 5.74) is 3.97. The van der Waals surface area contributed by atoms with Gasteiger partial charge in [-0.15, -0.1) is 0 Å². The molecule has 0 saturated heterocycles. The van der Waals surface area contributed by atoms with Gasteiger partial charge in [-0.2, -0.15) is 5.10 Å². The predicted octanol–water partition coefficient (Wildman–Crippen LogP) is 5.33. The Bertz CT molecular complexity index is 797. The topological polar surface area (TPSA) is 50.7 Å². The molecule has 1 amide bonds. The number of amides is 1. The Morgan fingerprint density at radius 1 is 1.17 bits per heavy atom. The number of hydrogen-bond acceptors (Lipinski definition) is 3. The van der Waals surface area contributed by atoms with E-state index >= 15 is 0 Å². The van der Waals surface area contributed by atoms with E-state index in [-0.39, 0.29) is 17.4 Å². The van der Waals surface area contributed by atoms with Crippen molar-refractivity contribution in [3.8, 4) is 5.75 Å². The van der Waals surface area contributed by atoms with Crippen molar-refractivity contribution in [1.29, 1.82) is 0 Å². The van der Waals surface area contributed by atoms with E-state index in [1.54, 1.807) is 6.92 Å². The molecule has 8 heteroatoms. The first-order chi connectivity index (χ1) is 11.4. The summed E-state index contributed by atoms with van der Waals surface area (Å²) in [6.07, 6.45) is 0. The highest BCUT2D eigenvalue weighted by Crippen LogP contribution is 2.33. The molecule has 0 aliphatic carbocycles. The second kappa shape index (κ2) is 8.72. The van der Waals surface area contributed by atoms with Gasteiger partial charge in [0, 0.05) is 10.5 Å². The number of hydrogen-bond donors (Lipinski definition) is 1. The maximum absolute atomic E-state index is 11.8. The van der Waals surface area contributed by atoms with Crippen LogP contribution in [0.4, 0.5) is 0 Å². The summed E-state index contributed by atoms with van der Waals surface area (Å²) < 4.78 is 6.26. The average Bonchev–Trinajstić information content (AvgIpc) is 2.54. The van der Waals surface area contributed by atoms with Gasteiger partial charge in [0.25, 0.3) is 5.91 Å². The summed E-state index contributed by atoms with van der Waals surface area (Å²) >= 11 is 21.1. The maximum Gasteiger partial charge on any atom is 0.277 e. The zero-order chi connectivity index (χ0) is 17.7. The fourth-order valence-corrected chi connectivity index (χ4v) is 2.71. The van der Waals surface area contributed by atoms with Gasteiger partial charge in [0.2, 0.25) is 0 Å². The summed E-state index contributed by atoms with van der Waals surface area (Å²) in [4.78, 5) is 11.8. The fraction of sp³-hybridized carbons (Fsp3) is 0.125. The quantitative estimate of drug-likeness (QED) is 0.380. The van der Waals surface area contributed by atoms with Gasteiger partial charge in [-0.1, -0.05) is 62.9 Å². The van der Waals surface area contributed by atoms with E-state index in [0.29, 0.717) is 15.8 Å². The first-order valence-corrected chi connectivity index (χ1v) is 8.66. The lowest BCUT2D eigenvalue weighted by molar-refractivity contribution is -0.123. The van der Waals surface area contributed by atoms with Crippen LogP contribution in [0.1, 0.15) is 12.5 Å². The lowest BCUT2D eigenvalue weighted by atomic mass is 10.1. The zero-order valence-electron chi connectivity index (χ0n) is 12.4. The molecular formula is C16H12BrCl3N2O2. The summed E-state index contributed by atoms with van der Waals surface area (Å²) in [5.74, 6) is -0.152. The first-order valence-electron chi connectivity index (χ1n) is 6.73. The molecule has 0 unspecified atom stereocenters. The van der Waals surface area contributed by atoms with E-state index in [2.05, 4.69) is 26.5 Å². The van der Waals surface area contributed by atoms with Gasteiger partial charge >= 0.3 is 0 Å². The second-order valence-electron chi connectivity index (χ2n) is 4.73. The van der Waals surface area contributed by atoms with Gasteiger partial charge < -0.3 is 4.74 Å². The van der Waals surface area contributed by atoms with Crippen LogP contribution < -0.4 is 10.2 Å². The maximum atomic E-state index is 11.8. The SMILES string of the molecule is CC(=NNC(=O)COc1cc(Cl)c(Cl)cc1Cl)c1cccc(Br)c1. The van der Waals surface area contributed by atoms with Crippen molar-refractivity contribution in [2.75, 3.05) is 6.61 Å². The van der Waals surface area contributed by atoms with E-state index in [9.17, 15) is 4.79 Å². The minimum atomic E-state index is -0.425. The van der Waals surface area contributed by atoms with Crippen molar-refractivity contribution in [2.24, 2.45) is 5.10 Å². The van der Waals surface area contributed by atoms with Crippen molar-refractivity contribution >= 4 is 62.4 Å². The van der Waals surface area contributed by atoms with Crippen LogP contribution in [0.2, 0.25) is 15.1 Å². The molecule has 1 N–H and O–H groups in total. The van der Waals surface area contributed by atoms with Gasteiger partial charge in [-0.05, 0) is 30.7 Å². The molecular weight excluding hydrogens is 438 g/mol. The predicted molar refractivity (Wildman–Crippen MR) is 101 cm³/mol. The number of hydrazone groups is 1. The van der Waals surface area contributed by atoms with Gasteiger partial charge in [0.05, 0.1) is 20.8 Å². The van der Waals surface area contributed by atoms with Crippen LogP contribution in [-0.2, 0) is 4.79 Å². The largest absolute Gasteiger partial charge is 0.482 e. The molecule has 0 saturated carbocycles. The number of benzene rings is 2. The number of carbonyl (C=O) groups is 1. The summed E-state index contributed by atoms with van der Waals surface area (Å²) in [5, 5.41) is 4.91. The van der Waals surface area contributed by atoms with Crippen LogP contribution >= 0.6 is 50.7 Å². The van der Waals surface area contributed by atoms with E-state index in [0.717, 1.165) is 10.0 Å². The molecule has 0 fully saturated rings. The molecule has 0 heterocycles. The number of carbonyl (C=O) groups excluding carboxylic acids is 1. The molecule has 0 aliphatic rings. The fourth-order valence-electron chi connectivity index (χ4n) is 1.71. The summed E-state index contributed by atoms with van der Waals surface area (Å²) in [6, 6.07) is 10.5. The Hall–Kier alpha value is -1.27. The van der Waals surface area contributed by atoms with Gasteiger partial charge in [-0.25, -0.2) is 5.43 Å². The lowest BCUT2D eigenvalue weighted by Crippen LogP contribution is -2.25. The highest BCUT2D eigenvalue weighted by Gasteiger charge is 2.09. The standard InChI is InChI=1S/C16H12BrCl3N2O2/c1-9(10-3-2-4-11(17)5-10)21-22-16(23)8-24-15-7-13(19)12(18)6-14(15)20/h2-7H,8H2,1H3,(H,22,23). The highest BCUT2D eigenvalue weighted by molar-refractivity contribution is 9.10. The Kier molecular flexibility index (Phi) is 6.92. The van der Waals surface area contributed by atoms with Crippen molar-refractivity contribution in [3.63, 3.8) is 0 Å². The van der Waals surface area contributed by atoms with Crippen LogP contribution in [0.25, 0.3) is 0 Å². The molecule has 0 aromatic heterocycles. The minimum absolute atomic E-state index is 0.257. The zero-order valence-corrected chi connectivity index (χ0v) is 16.3. The van der Waals surface area contributed by atoms with Crippen molar-refractivity contribution < 1.29 is 9.53 Å². The first kappa shape index (κ1) is 19.1.